The normalized spacial score (nSPS) is 14.9. The molecule has 0 aliphatic carbocycles. The van der Waals surface area contributed by atoms with Crippen molar-refractivity contribution in [2.75, 3.05) is 18.4 Å². The fourth-order valence-corrected chi connectivity index (χ4v) is 4.13. The van der Waals surface area contributed by atoms with E-state index in [4.69, 9.17) is 16.0 Å². The molecule has 1 aliphatic rings. The van der Waals surface area contributed by atoms with Crippen LogP contribution in [0.5, 0.6) is 0 Å². The number of carbonyl (C=O) groups is 1. The van der Waals surface area contributed by atoms with Crippen LogP contribution in [0.3, 0.4) is 0 Å². The number of nitrogens with one attached hydrogen (secondary N) is 2. The zero-order valence-electron chi connectivity index (χ0n) is 16.2. The number of fused-ring (bicyclic) bond motifs is 1. The number of carbonyl (C=O) groups excluding carboxylic acids is 1. The SMILES string of the molecule is O=C(CCn1c(=O)oc2cc(Cl)ccc21)Nc1cccc(C[NH+]2CCCCC2)c1. The van der Waals surface area contributed by atoms with Crippen LogP contribution in [0.2, 0.25) is 5.02 Å². The van der Waals surface area contributed by atoms with E-state index in [9.17, 15) is 9.59 Å². The van der Waals surface area contributed by atoms with Crippen LogP contribution in [-0.2, 0) is 17.9 Å². The average Bonchev–Trinajstić information content (AvgIpc) is 3.01. The van der Waals surface area contributed by atoms with Gasteiger partial charge >= 0.3 is 5.76 Å². The first-order chi connectivity index (χ1) is 14.1. The van der Waals surface area contributed by atoms with Gasteiger partial charge in [0.2, 0.25) is 5.91 Å². The highest BCUT2D eigenvalue weighted by Gasteiger charge is 2.15. The largest absolute Gasteiger partial charge is 0.419 e. The quantitative estimate of drug-likeness (QED) is 0.651. The van der Waals surface area contributed by atoms with E-state index in [1.165, 1.54) is 42.5 Å². The number of rotatable bonds is 6. The number of aromatic nitrogens is 1. The third kappa shape index (κ3) is 4.89. The summed E-state index contributed by atoms with van der Waals surface area (Å²) >= 11 is 5.94. The van der Waals surface area contributed by atoms with Crippen molar-refractivity contribution in [2.24, 2.45) is 0 Å². The van der Waals surface area contributed by atoms with E-state index < -0.39 is 5.76 Å². The fraction of sp³-hybridized carbons (Fsp3) is 0.364. The van der Waals surface area contributed by atoms with Gasteiger partial charge in [-0.3, -0.25) is 9.36 Å². The molecule has 0 unspecified atom stereocenters. The number of piperidine rings is 1. The Morgan fingerprint density at radius 2 is 1.97 bits per heavy atom. The van der Waals surface area contributed by atoms with E-state index in [0.29, 0.717) is 16.1 Å². The number of hydrogen-bond acceptors (Lipinski definition) is 3. The van der Waals surface area contributed by atoms with Crippen LogP contribution in [0, 0.1) is 0 Å². The third-order valence-electron chi connectivity index (χ3n) is 5.42. The van der Waals surface area contributed by atoms with Gasteiger partial charge in [-0.05, 0) is 43.5 Å². The third-order valence-corrected chi connectivity index (χ3v) is 5.65. The Morgan fingerprint density at radius 1 is 1.14 bits per heavy atom. The van der Waals surface area contributed by atoms with Crippen molar-refractivity contribution in [3.8, 4) is 0 Å². The molecule has 0 spiro atoms. The molecule has 0 atom stereocenters. The molecule has 1 aromatic heterocycles. The number of nitrogens with zero attached hydrogens (tertiary/aromatic N) is 1. The second-order valence-corrected chi connectivity index (χ2v) is 8.05. The monoisotopic (exact) mass is 414 g/mol. The molecule has 1 fully saturated rings. The molecule has 4 rings (SSSR count). The Kier molecular flexibility index (Phi) is 6.02. The summed E-state index contributed by atoms with van der Waals surface area (Å²) in [5.74, 6) is -0.621. The summed E-state index contributed by atoms with van der Waals surface area (Å²) in [6.45, 7) is 3.67. The maximum Gasteiger partial charge on any atom is 0.419 e. The lowest BCUT2D eigenvalue weighted by Crippen LogP contribution is -3.11. The Bertz CT molecular complexity index is 1070. The number of benzene rings is 2. The number of oxazole rings is 1. The minimum atomic E-state index is -0.485. The summed E-state index contributed by atoms with van der Waals surface area (Å²) < 4.78 is 6.67. The molecule has 7 heteroatoms. The smallest absolute Gasteiger partial charge is 0.408 e. The molecular weight excluding hydrogens is 390 g/mol. The van der Waals surface area contributed by atoms with E-state index in [1.54, 1.807) is 23.1 Å². The summed E-state index contributed by atoms with van der Waals surface area (Å²) in [4.78, 5) is 26.1. The summed E-state index contributed by atoms with van der Waals surface area (Å²) in [6.07, 6.45) is 4.10. The van der Waals surface area contributed by atoms with Crippen LogP contribution in [0.25, 0.3) is 11.1 Å². The van der Waals surface area contributed by atoms with Gasteiger partial charge in [0.25, 0.3) is 0 Å². The molecule has 6 nitrogen and oxygen atoms in total. The minimum absolute atomic E-state index is 0.136. The van der Waals surface area contributed by atoms with Gasteiger partial charge in [0.05, 0.1) is 18.6 Å². The van der Waals surface area contributed by atoms with E-state index in [-0.39, 0.29) is 18.9 Å². The molecule has 3 aromatic rings. The minimum Gasteiger partial charge on any atom is -0.408 e. The number of anilines is 1. The maximum atomic E-state index is 12.4. The van der Waals surface area contributed by atoms with Crippen LogP contribution >= 0.6 is 11.6 Å². The summed E-state index contributed by atoms with van der Waals surface area (Å²) in [6, 6.07) is 13.1. The summed E-state index contributed by atoms with van der Waals surface area (Å²) in [7, 11) is 0. The highest BCUT2D eigenvalue weighted by atomic mass is 35.5. The van der Waals surface area contributed by atoms with Crippen molar-refractivity contribution < 1.29 is 14.1 Å². The number of aryl methyl sites for hydroxylation is 1. The van der Waals surface area contributed by atoms with Gasteiger partial charge < -0.3 is 14.6 Å². The van der Waals surface area contributed by atoms with Gasteiger partial charge in [-0.1, -0.05) is 23.7 Å². The molecule has 152 valence electrons. The van der Waals surface area contributed by atoms with E-state index in [0.717, 1.165) is 12.2 Å². The van der Waals surface area contributed by atoms with Crippen LogP contribution in [-0.4, -0.2) is 23.6 Å². The lowest BCUT2D eigenvalue weighted by Gasteiger charge is -2.23. The predicted molar refractivity (Wildman–Crippen MR) is 113 cm³/mol. The first-order valence-electron chi connectivity index (χ1n) is 10.1. The molecule has 2 N–H and O–H groups in total. The van der Waals surface area contributed by atoms with E-state index in [1.807, 2.05) is 18.2 Å². The average molecular weight is 415 g/mol. The van der Waals surface area contributed by atoms with Gasteiger partial charge in [-0.2, -0.15) is 0 Å². The summed E-state index contributed by atoms with van der Waals surface area (Å²) in [5, 5.41) is 3.45. The van der Waals surface area contributed by atoms with Gasteiger partial charge in [0.15, 0.2) is 5.58 Å². The topological polar surface area (TPSA) is 68.7 Å². The number of likely N-dealkylation sites (tertiary alicyclic amines) is 1. The van der Waals surface area contributed by atoms with Crippen molar-refractivity contribution in [2.45, 2.75) is 38.8 Å². The maximum absolute atomic E-state index is 12.4. The van der Waals surface area contributed by atoms with Crippen LogP contribution in [0.15, 0.2) is 51.7 Å². The molecule has 2 aromatic carbocycles. The molecule has 1 amide bonds. The van der Waals surface area contributed by atoms with E-state index >= 15 is 0 Å². The van der Waals surface area contributed by atoms with Crippen molar-refractivity contribution in [1.82, 2.24) is 4.57 Å². The van der Waals surface area contributed by atoms with Crippen molar-refractivity contribution in [1.29, 1.82) is 0 Å². The Hall–Kier alpha value is -2.57. The highest BCUT2D eigenvalue weighted by Crippen LogP contribution is 2.18. The lowest BCUT2D eigenvalue weighted by atomic mass is 10.1. The number of halogens is 1. The Balaban J connectivity index is 1.37. The van der Waals surface area contributed by atoms with Gasteiger partial charge in [0, 0.05) is 35.3 Å². The Labute approximate surface area is 174 Å². The molecule has 0 saturated carbocycles. The van der Waals surface area contributed by atoms with Crippen LogP contribution < -0.4 is 16.0 Å². The predicted octanol–water partition coefficient (Wildman–Crippen LogP) is 2.85. The second kappa shape index (κ2) is 8.84. The zero-order chi connectivity index (χ0) is 20.2. The molecule has 29 heavy (non-hydrogen) atoms. The second-order valence-electron chi connectivity index (χ2n) is 7.62. The fourth-order valence-electron chi connectivity index (χ4n) is 3.97. The summed E-state index contributed by atoms with van der Waals surface area (Å²) in [5.41, 5.74) is 3.09. The lowest BCUT2D eigenvalue weighted by molar-refractivity contribution is -0.918. The first kappa shape index (κ1) is 19.7. The zero-order valence-corrected chi connectivity index (χ0v) is 17.0. The number of hydrogen-bond donors (Lipinski definition) is 2. The molecule has 2 heterocycles. The van der Waals surface area contributed by atoms with Crippen molar-refractivity contribution in [3.05, 3.63) is 63.6 Å². The molecule has 1 saturated heterocycles. The standard InChI is InChI=1S/C22H24ClN3O3/c23-17-7-8-19-20(14-17)29-22(28)26(19)12-9-21(27)24-18-6-4-5-16(13-18)15-25-10-2-1-3-11-25/h4-8,13-14H,1-3,9-12,15H2,(H,24,27)/p+1. The van der Waals surface area contributed by atoms with Crippen LogP contribution in [0.1, 0.15) is 31.2 Å². The van der Waals surface area contributed by atoms with Crippen molar-refractivity contribution in [3.63, 3.8) is 0 Å². The first-order valence-corrected chi connectivity index (χ1v) is 10.5. The van der Waals surface area contributed by atoms with Gasteiger partial charge in [0.1, 0.15) is 6.54 Å². The molecule has 1 aliphatic heterocycles. The van der Waals surface area contributed by atoms with E-state index in [2.05, 4.69) is 11.4 Å². The van der Waals surface area contributed by atoms with Gasteiger partial charge in [-0.25, -0.2) is 4.79 Å². The number of amides is 1. The van der Waals surface area contributed by atoms with Crippen LogP contribution in [0.4, 0.5) is 5.69 Å². The van der Waals surface area contributed by atoms with Gasteiger partial charge in [-0.15, -0.1) is 0 Å². The number of quaternary nitrogens is 1. The Morgan fingerprint density at radius 3 is 2.79 bits per heavy atom. The highest BCUT2D eigenvalue weighted by molar-refractivity contribution is 6.31. The molecule has 0 bridgehead atoms. The molecule has 0 radical (unpaired) electrons. The molecular formula is C22H25ClN3O3+. The van der Waals surface area contributed by atoms with Crippen molar-refractivity contribution >= 4 is 34.3 Å².